The summed E-state index contributed by atoms with van der Waals surface area (Å²) >= 11 is 3.10. The Morgan fingerprint density at radius 2 is 2.09 bits per heavy atom. The molecular weight excluding hydrogens is 379 g/mol. The first-order chi connectivity index (χ1) is 10.7. The first-order valence-electron chi connectivity index (χ1n) is 6.28. The zero-order chi connectivity index (χ0) is 17.4. The van der Waals surface area contributed by atoms with Gasteiger partial charge in [0.15, 0.2) is 0 Å². The Morgan fingerprint density at radius 1 is 1.43 bits per heavy atom. The molecule has 0 aliphatic carbocycles. The van der Waals surface area contributed by atoms with E-state index in [-0.39, 0.29) is 22.4 Å². The van der Waals surface area contributed by atoms with Gasteiger partial charge in [-0.1, -0.05) is 15.9 Å². The predicted octanol–water partition coefficient (Wildman–Crippen LogP) is 3.95. The van der Waals surface area contributed by atoms with E-state index in [1.54, 1.807) is 0 Å². The van der Waals surface area contributed by atoms with E-state index in [9.17, 15) is 23.2 Å². The molecule has 1 amide bonds. The monoisotopic (exact) mass is 389 g/mol. The van der Waals surface area contributed by atoms with Gasteiger partial charge >= 0.3 is 12.3 Å². The normalized spacial score (nSPS) is 11.3. The summed E-state index contributed by atoms with van der Waals surface area (Å²) in [4.78, 5) is 12.6. The summed E-state index contributed by atoms with van der Waals surface area (Å²) in [7, 11) is 2.61. The van der Waals surface area contributed by atoms with Crippen LogP contribution in [0.25, 0.3) is 10.9 Å². The lowest BCUT2D eigenvalue weighted by atomic mass is 10.1. The molecule has 2 rings (SSSR count). The molecule has 0 spiro atoms. The van der Waals surface area contributed by atoms with Crippen LogP contribution in [0.2, 0.25) is 0 Å². The summed E-state index contributed by atoms with van der Waals surface area (Å²) in [5.41, 5.74) is -0.517. The molecule has 0 saturated heterocycles. The Labute approximate surface area is 138 Å². The number of amides is 1. The van der Waals surface area contributed by atoms with Crippen LogP contribution in [-0.2, 0) is 17.6 Å². The predicted molar refractivity (Wildman–Crippen MR) is 79.5 cm³/mol. The minimum Gasteiger partial charge on any atom is -0.453 e. The Kier molecular flexibility index (Phi) is 4.56. The molecule has 122 valence electrons. The van der Waals surface area contributed by atoms with Gasteiger partial charge in [0.2, 0.25) is 0 Å². The van der Waals surface area contributed by atoms with Crippen molar-refractivity contribution in [3.8, 4) is 6.07 Å². The molecule has 2 aromatic rings. The summed E-state index contributed by atoms with van der Waals surface area (Å²) in [5, 5.41) is 9.66. The number of halogens is 4. The van der Waals surface area contributed by atoms with Crippen LogP contribution in [0, 0.1) is 11.3 Å². The van der Waals surface area contributed by atoms with Crippen LogP contribution in [0.4, 0.5) is 18.0 Å². The maximum absolute atomic E-state index is 13.0. The number of nitrogens with zero attached hydrogens (tertiary/aromatic N) is 3. The fraction of sp³-hybridized carbons (Fsp3) is 0.286. The molecular formula is C14H11BrF3N3O2. The molecule has 0 unspecified atom stereocenters. The smallest absolute Gasteiger partial charge is 0.416 e. The number of methoxy groups -OCH3 is 1. The van der Waals surface area contributed by atoms with Gasteiger partial charge in [0.1, 0.15) is 18.4 Å². The highest BCUT2D eigenvalue weighted by Gasteiger charge is 2.32. The van der Waals surface area contributed by atoms with E-state index in [0.29, 0.717) is 5.39 Å². The lowest BCUT2D eigenvalue weighted by Gasteiger charge is -2.18. The van der Waals surface area contributed by atoms with E-state index in [4.69, 9.17) is 0 Å². The molecule has 0 saturated carbocycles. The number of nitriles is 1. The second-order valence-corrected chi connectivity index (χ2v) is 5.62. The Hall–Kier alpha value is -2.21. The van der Waals surface area contributed by atoms with E-state index < -0.39 is 17.8 Å². The summed E-state index contributed by atoms with van der Waals surface area (Å²) in [6.07, 6.45) is -5.19. The third-order valence-corrected chi connectivity index (χ3v) is 3.91. The maximum Gasteiger partial charge on any atom is 0.416 e. The number of benzene rings is 1. The van der Waals surface area contributed by atoms with Gasteiger partial charge in [0, 0.05) is 16.9 Å². The Balaban J connectivity index is 2.64. The molecule has 1 heterocycles. The van der Waals surface area contributed by atoms with Crippen LogP contribution in [0.15, 0.2) is 22.7 Å². The van der Waals surface area contributed by atoms with Crippen molar-refractivity contribution < 1.29 is 22.7 Å². The van der Waals surface area contributed by atoms with Gasteiger partial charge in [0.25, 0.3) is 0 Å². The highest BCUT2D eigenvalue weighted by atomic mass is 79.9. The lowest BCUT2D eigenvalue weighted by molar-refractivity contribution is -0.137. The fourth-order valence-electron chi connectivity index (χ4n) is 2.15. The summed E-state index contributed by atoms with van der Waals surface area (Å²) in [6, 6.07) is 5.28. The van der Waals surface area contributed by atoms with Gasteiger partial charge < -0.3 is 9.30 Å². The number of carbonyl (C=O) groups excluding carboxylic acids is 1. The van der Waals surface area contributed by atoms with Gasteiger partial charge in [-0.3, -0.25) is 4.90 Å². The number of ether oxygens (including phenoxy) is 1. The number of alkyl halides is 3. The van der Waals surface area contributed by atoms with E-state index in [1.807, 2.05) is 6.07 Å². The summed E-state index contributed by atoms with van der Waals surface area (Å²) < 4.78 is 45.0. The Morgan fingerprint density at radius 3 is 2.61 bits per heavy atom. The second kappa shape index (κ2) is 6.12. The third-order valence-electron chi connectivity index (χ3n) is 3.25. The largest absolute Gasteiger partial charge is 0.453 e. The van der Waals surface area contributed by atoms with Crippen molar-refractivity contribution in [3.05, 3.63) is 33.9 Å². The molecule has 23 heavy (non-hydrogen) atoms. The quantitative estimate of drug-likeness (QED) is 0.781. The SMILES string of the molecule is COC(=O)N(C)Cn1c(C#N)cc2c(Br)cc(C(F)(F)F)cc21. The molecule has 0 atom stereocenters. The van der Waals surface area contributed by atoms with E-state index in [0.717, 1.165) is 17.0 Å². The number of rotatable bonds is 2. The van der Waals surface area contributed by atoms with Crippen molar-refractivity contribution in [2.75, 3.05) is 14.2 Å². The number of carbonyl (C=O) groups is 1. The van der Waals surface area contributed by atoms with Crippen LogP contribution in [0.3, 0.4) is 0 Å². The number of hydrogen-bond donors (Lipinski definition) is 0. The molecule has 9 heteroatoms. The van der Waals surface area contributed by atoms with Crippen LogP contribution >= 0.6 is 15.9 Å². The molecule has 0 aliphatic rings. The highest BCUT2D eigenvalue weighted by molar-refractivity contribution is 9.10. The topological polar surface area (TPSA) is 58.3 Å². The fourth-order valence-corrected chi connectivity index (χ4v) is 2.71. The molecule has 0 aliphatic heterocycles. The third kappa shape index (κ3) is 3.27. The molecule has 5 nitrogen and oxygen atoms in total. The summed E-state index contributed by atoms with van der Waals surface area (Å²) in [5.74, 6) is 0. The number of fused-ring (bicyclic) bond motifs is 1. The molecule has 0 bridgehead atoms. The highest BCUT2D eigenvalue weighted by Crippen LogP contribution is 2.36. The number of aromatic nitrogens is 1. The van der Waals surface area contributed by atoms with Crippen molar-refractivity contribution in [1.29, 1.82) is 5.26 Å². The molecule has 1 aromatic heterocycles. The first kappa shape index (κ1) is 17.1. The van der Waals surface area contributed by atoms with Gasteiger partial charge in [-0.15, -0.1) is 0 Å². The standard InChI is InChI=1S/C14H11BrF3N3O2/c1-20(13(22)23-2)7-21-9(6-19)5-10-11(15)3-8(4-12(10)21)14(16,17)18/h3-5H,7H2,1-2H3. The minimum absolute atomic E-state index is 0.118. The number of hydrogen-bond acceptors (Lipinski definition) is 3. The van der Waals surface area contributed by atoms with Crippen LogP contribution in [-0.4, -0.2) is 29.7 Å². The molecule has 1 aromatic carbocycles. The molecule has 0 fully saturated rings. The van der Waals surface area contributed by atoms with E-state index in [1.165, 1.54) is 24.8 Å². The van der Waals surface area contributed by atoms with Crippen molar-refractivity contribution in [1.82, 2.24) is 9.47 Å². The minimum atomic E-state index is -4.52. The first-order valence-corrected chi connectivity index (χ1v) is 7.07. The Bertz CT molecular complexity index is 808. The van der Waals surface area contributed by atoms with Gasteiger partial charge in [-0.25, -0.2) is 4.79 Å². The van der Waals surface area contributed by atoms with Gasteiger partial charge in [-0.2, -0.15) is 18.4 Å². The van der Waals surface area contributed by atoms with Gasteiger partial charge in [0.05, 0.1) is 18.2 Å². The van der Waals surface area contributed by atoms with Crippen LogP contribution < -0.4 is 0 Å². The van der Waals surface area contributed by atoms with Crippen molar-refractivity contribution >= 4 is 32.9 Å². The van der Waals surface area contributed by atoms with Crippen LogP contribution in [0.1, 0.15) is 11.3 Å². The lowest BCUT2D eigenvalue weighted by Crippen LogP contribution is -2.29. The zero-order valence-electron chi connectivity index (χ0n) is 12.1. The molecule has 0 radical (unpaired) electrons. The average Bonchev–Trinajstić information content (AvgIpc) is 2.84. The zero-order valence-corrected chi connectivity index (χ0v) is 13.7. The van der Waals surface area contributed by atoms with Crippen molar-refractivity contribution in [2.45, 2.75) is 12.8 Å². The average molecular weight is 390 g/mol. The van der Waals surface area contributed by atoms with E-state index in [2.05, 4.69) is 20.7 Å². The summed E-state index contributed by atoms with van der Waals surface area (Å²) in [6.45, 7) is -0.118. The van der Waals surface area contributed by atoms with Crippen LogP contribution in [0.5, 0.6) is 0 Å². The van der Waals surface area contributed by atoms with Gasteiger partial charge in [-0.05, 0) is 18.2 Å². The van der Waals surface area contributed by atoms with Crippen molar-refractivity contribution in [2.24, 2.45) is 0 Å². The molecule has 0 N–H and O–H groups in total. The van der Waals surface area contributed by atoms with Crippen molar-refractivity contribution in [3.63, 3.8) is 0 Å². The second-order valence-electron chi connectivity index (χ2n) is 4.77. The maximum atomic E-state index is 13.0. The van der Waals surface area contributed by atoms with E-state index >= 15 is 0 Å².